The summed E-state index contributed by atoms with van der Waals surface area (Å²) in [5.41, 5.74) is 7.03. The highest BCUT2D eigenvalue weighted by Crippen LogP contribution is 2.19. The number of carbonyl (C=O) groups excluding carboxylic acids is 1. The topological polar surface area (TPSA) is 80.5 Å². The number of benzene rings is 1. The Morgan fingerprint density at radius 3 is 2.52 bits per heavy atom. The summed E-state index contributed by atoms with van der Waals surface area (Å²) in [6.07, 6.45) is 4.27. The molecule has 1 atom stereocenters. The van der Waals surface area contributed by atoms with Crippen LogP contribution in [-0.4, -0.2) is 44.6 Å². The van der Waals surface area contributed by atoms with Gasteiger partial charge in [-0.05, 0) is 37.0 Å². The Balaban J connectivity index is 2.12. The number of piperidine rings is 1. The van der Waals surface area contributed by atoms with Gasteiger partial charge in [-0.25, -0.2) is 8.42 Å². The van der Waals surface area contributed by atoms with Gasteiger partial charge >= 0.3 is 0 Å². The molecule has 1 fully saturated rings. The van der Waals surface area contributed by atoms with E-state index in [1.807, 2.05) is 4.90 Å². The van der Waals surface area contributed by atoms with Crippen molar-refractivity contribution in [2.24, 2.45) is 5.73 Å². The molecule has 0 saturated carbocycles. The van der Waals surface area contributed by atoms with E-state index in [0.717, 1.165) is 25.8 Å². The highest BCUT2D eigenvalue weighted by molar-refractivity contribution is 7.89. The van der Waals surface area contributed by atoms with Gasteiger partial charge < -0.3 is 10.6 Å². The summed E-state index contributed by atoms with van der Waals surface area (Å²) in [6.45, 7) is 1.23. The van der Waals surface area contributed by atoms with Crippen LogP contribution < -0.4 is 5.73 Å². The first-order valence-electron chi connectivity index (χ1n) is 7.18. The first-order valence-corrected chi connectivity index (χ1v) is 9.24. The van der Waals surface area contributed by atoms with Gasteiger partial charge in [0, 0.05) is 31.0 Å². The number of hydrogen-bond acceptors (Lipinski definition) is 4. The van der Waals surface area contributed by atoms with Gasteiger partial charge in [0.1, 0.15) is 0 Å². The number of sulfone groups is 1. The lowest BCUT2D eigenvalue weighted by Gasteiger charge is -2.35. The van der Waals surface area contributed by atoms with Crippen LogP contribution in [0.15, 0.2) is 24.3 Å². The Bertz CT molecular complexity index is 596. The lowest BCUT2D eigenvalue weighted by molar-refractivity contribution is 0.0623. The molecule has 1 saturated heterocycles. The van der Waals surface area contributed by atoms with Crippen LogP contribution in [-0.2, 0) is 15.6 Å². The summed E-state index contributed by atoms with van der Waals surface area (Å²) in [6, 6.07) is 6.92. The lowest BCUT2D eigenvalue weighted by atomic mass is 10.0. The van der Waals surface area contributed by atoms with Crippen molar-refractivity contribution in [3.05, 3.63) is 35.4 Å². The Kier molecular flexibility index (Phi) is 5.00. The zero-order valence-corrected chi connectivity index (χ0v) is 13.1. The molecule has 0 aliphatic carbocycles. The minimum Gasteiger partial charge on any atom is -0.334 e. The molecule has 1 aromatic rings. The molecule has 1 aliphatic heterocycles. The Labute approximate surface area is 126 Å². The molecule has 1 aromatic carbocycles. The first kappa shape index (κ1) is 16.0. The van der Waals surface area contributed by atoms with Crippen molar-refractivity contribution in [3.63, 3.8) is 0 Å². The molecule has 1 amide bonds. The number of carbonyl (C=O) groups is 1. The zero-order valence-electron chi connectivity index (χ0n) is 12.3. The second kappa shape index (κ2) is 6.58. The molecule has 1 heterocycles. The molecule has 2 N–H and O–H groups in total. The first-order chi connectivity index (χ1) is 9.90. The van der Waals surface area contributed by atoms with Crippen molar-refractivity contribution in [3.8, 4) is 0 Å². The van der Waals surface area contributed by atoms with Crippen molar-refractivity contribution in [1.29, 1.82) is 0 Å². The molecule has 0 spiro atoms. The Hall–Kier alpha value is -1.40. The van der Waals surface area contributed by atoms with E-state index in [1.54, 1.807) is 24.3 Å². The molecular formula is C15H22N2O3S. The van der Waals surface area contributed by atoms with E-state index >= 15 is 0 Å². The molecule has 0 radical (unpaired) electrons. The summed E-state index contributed by atoms with van der Waals surface area (Å²) >= 11 is 0. The molecule has 0 aromatic heterocycles. The van der Waals surface area contributed by atoms with E-state index in [9.17, 15) is 13.2 Å². The number of nitrogens with zero attached hydrogens (tertiary/aromatic N) is 1. The molecule has 0 bridgehead atoms. The van der Waals surface area contributed by atoms with E-state index in [-0.39, 0.29) is 17.7 Å². The summed E-state index contributed by atoms with van der Waals surface area (Å²) < 4.78 is 22.5. The number of nitrogens with two attached hydrogens (primary N) is 1. The quantitative estimate of drug-likeness (QED) is 0.905. The van der Waals surface area contributed by atoms with Gasteiger partial charge in [-0.15, -0.1) is 0 Å². The van der Waals surface area contributed by atoms with Gasteiger partial charge in [-0.3, -0.25) is 4.79 Å². The highest BCUT2D eigenvalue weighted by atomic mass is 32.2. The van der Waals surface area contributed by atoms with E-state index in [0.29, 0.717) is 17.7 Å². The molecule has 2 rings (SSSR count). The molecule has 1 aliphatic rings. The number of amides is 1. The fourth-order valence-electron chi connectivity index (χ4n) is 2.73. The fourth-order valence-corrected chi connectivity index (χ4v) is 3.52. The summed E-state index contributed by atoms with van der Waals surface area (Å²) in [7, 11) is -3.06. The normalized spacial score (nSPS) is 19.5. The standard InChI is InChI=1S/C15H22N2O3S/c1-21(19,20)11-12-5-7-13(8-6-12)15(18)17-9-3-2-4-14(17)10-16/h5-8,14H,2-4,9-11,16H2,1H3. The van der Waals surface area contributed by atoms with Crippen LogP contribution >= 0.6 is 0 Å². The largest absolute Gasteiger partial charge is 0.334 e. The molecule has 6 heteroatoms. The van der Waals surface area contributed by atoms with Crippen LogP contribution in [0.25, 0.3) is 0 Å². The van der Waals surface area contributed by atoms with Gasteiger partial charge in [-0.2, -0.15) is 0 Å². The molecule has 21 heavy (non-hydrogen) atoms. The van der Waals surface area contributed by atoms with Crippen LogP contribution in [0, 0.1) is 0 Å². The third kappa shape index (κ3) is 4.28. The average Bonchev–Trinajstić information content (AvgIpc) is 2.45. The van der Waals surface area contributed by atoms with Gasteiger partial charge in [0.25, 0.3) is 5.91 Å². The lowest BCUT2D eigenvalue weighted by Crippen LogP contribution is -2.47. The molecular weight excluding hydrogens is 288 g/mol. The zero-order chi connectivity index (χ0) is 15.5. The maximum absolute atomic E-state index is 12.5. The molecule has 1 unspecified atom stereocenters. The smallest absolute Gasteiger partial charge is 0.254 e. The Morgan fingerprint density at radius 2 is 1.95 bits per heavy atom. The predicted octanol–water partition coefficient (Wildman–Crippen LogP) is 1.18. The van der Waals surface area contributed by atoms with Crippen LogP contribution in [0.3, 0.4) is 0 Å². The summed E-state index contributed by atoms with van der Waals surface area (Å²) in [5.74, 6) is -0.0209. The third-order valence-electron chi connectivity index (χ3n) is 3.79. The minimum absolute atomic E-state index is 0.00336. The van der Waals surface area contributed by atoms with Gasteiger partial charge in [0.2, 0.25) is 0 Å². The van der Waals surface area contributed by atoms with Gasteiger partial charge in [0.05, 0.1) is 5.75 Å². The monoisotopic (exact) mass is 310 g/mol. The predicted molar refractivity (Wildman–Crippen MR) is 82.7 cm³/mol. The summed E-state index contributed by atoms with van der Waals surface area (Å²) in [4.78, 5) is 14.4. The average molecular weight is 310 g/mol. The summed E-state index contributed by atoms with van der Waals surface area (Å²) in [5, 5.41) is 0. The number of likely N-dealkylation sites (tertiary alicyclic amines) is 1. The SMILES string of the molecule is CS(=O)(=O)Cc1ccc(C(=O)N2CCCCC2CN)cc1. The minimum atomic E-state index is -3.06. The molecule has 116 valence electrons. The second-order valence-corrected chi connectivity index (χ2v) is 7.79. The van der Waals surface area contributed by atoms with E-state index in [2.05, 4.69) is 0 Å². The highest BCUT2D eigenvalue weighted by Gasteiger charge is 2.26. The van der Waals surface area contributed by atoms with Crippen LogP contribution in [0.5, 0.6) is 0 Å². The maximum atomic E-state index is 12.5. The Morgan fingerprint density at radius 1 is 1.29 bits per heavy atom. The van der Waals surface area contributed by atoms with Gasteiger partial charge in [0.15, 0.2) is 9.84 Å². The maximum Gasteiger partial charge on any atom is 0.254 e. The van der Waals surface area contributed by atoms with Crippen LogP contribution in [0.4, 0.5) is 0 Å². The van der Waals surface area contributed by atoms with Crippen molar-refractivity contribution in [2.45, 2.75) is 31.1 Å². The van der Waals surface area contributed by atoms with Crippen molar-refractivity contribution < 1.29 is 13.2 Å². The van der Waals surface area contributed by atoms with E-state index < -0.39 is 9.84 Å². The van der Waals surface area contributed by atoms with Crippen LogP contribution in [0.2, 0.25) is 0 Å². The fraction of sp³-hybridized carbons (Fsp3) is 0.533. The van der Waals surface area contributed by atoms with E-state index in [4.69, 9.17) is 5.73 Å². The van der Waals surface area contributed by atoms with Crippen molar-refractivity contribution in [1.82, 2.24) is 4.90 Å². The number of hydrogen-bond donors (Lipinski definition) is 1. The van der Waals surface area contributed by atoms with E-state index in [1.165, 1.54) is 6.26 Å². The van der Waals surface area contributed by atoms with Crippen molar-refractivity contribution >= 4 is 15.7 Å². The second-order valence-electron chi connectivity index (χ2n) is 5.65. The van der Waals surface area contributed by atoms with Gasteiger partial charge in [-0.1, -0.05) is 12.1 Å². The molecule has 5 nitrogen and oxygen atoms in total. The number of rotatable bonds is 4. The van der Waals surface area contributed by atoms with Crippen LogP contribution in [0.1, 0.15) is 35.2 Å². The third-order valence-corrected chi connectivity index (χ3v) is 4.65. The van der Waals surface area contributed by atoms with Crippen molar-refractivity contribution in [2.75, 3.05) is 19.3 Å².